The lowest BCUT2D eigenvalue weighted by atomic mass is 10.1. The van der Waals surface area contributed by atoms with Gasteiger partial charge in [-0.15, -0.1) is 11.3 Å². The summed E-state index contributed by atoms with van der Waals surface area (Å²) in [7, 11) is 0. The molecule has 154 valence electrons. The Morgan fingerprint density at radius 2 is 1.74 bits per heavy atom. The van der Waals surface area contributed by atoms with E-state index >= 15 is 0 Å². The molecule has 2 heterocycles. The van der Waals surface area contributed by atoms with Crippen molar-refractivity contribution in [2.75, 3.05) is 0 Å². The predicted octanol–water partition coefficient (Wildman–Crippen LogP) is 6.82. The number of rotatable bonds is 4. The Hall–Kier alpha value is -2.89. The Morgan fingerprint density at radius 3 is 2.55 bits per heavy atom. The Kier molecular flexibility index (Phi) is 5.16. The molecule has 2 aromatic heterocycles. The zero-order chi connectivity index (χ0) is 21.5. The first-order chi connectivity index (χ1) is 15.0. The van der Waals surface area contributed by atoms with E-state index in [2.05, 4.69) is 49.4 Å². The summed E-state index contributed by atoms with van der Waals surface area (Å²) in [5.74, 6) is 0.748. The lowest BCUT2D eigenvalue weighted by Gasteiger charge is -2.13. The smallest absolute Gasteiger partial charge is 0.267 e. The molecule has 0 bridgehead atoms. The second-order valence-corrected chi connectivity index (χ2v) is 9.95. The number of hydrogen-bond donors (Lipinski definition) is 0. The van der Waals surface area contributed by atoms with Gasteiger partial charge in [0, 0.05) is 10.6 Å². The normalized spacial score (nSPS) is 11.5. The highest BCUT2D eigenvalue weighted by Gasteiger charge is 2.18. The lowest BCUT2D eigenvalue weighted by molar-refractivity contribution is 0.821. The van der Waals surface area contributed by atoms with Crippen LogP contribution in [0.4, 0.5) is 0 Å². The monoisotopic (exact) mass is 442 g/mol. The van der Waals surface area contributed by atoms with E-state index in [9.17, 15) is 4.79 Å². The highest BCUT2D eigenvalue weighted by molar-refractivity contribution is 7.98. The van der Waals surface area contributed by atoms with Gasteiger partial charge in [-0.3, -0.25) is 9.36 Å². The van der Waals surface area contributed by atoms with Crippen molar-refractivity contribution in [1.82, 2.24) is 9.55 Å². The second-order valence-electron chi connectivity index (χ2n) is 7.81. The van der Waals surface area contributed by atoms with Crippen LogP contribution in [0.2, 0.25) is 0 Å². The topological polar surface area (TPSA) is 34.9 Å². The van der Waals surface area contributed by atoms with Crippen molar-refractivity contribution >= 4 is 44.1 Å². The van der Waals surface area contributed by atoms with Crippen molar-refractivity contribution in [2.45, 2.75) is 31.7 Å². The first kappa shape index (κ1) is 20.0. The summed E-state index contributed by atoms with van der Waals surface area (Å²) in [6, 6.07) is 23.0. The van der Waals surface area contributed by atoms with Gasteiger partial charge in [-0.05, 0) is 60.4 Å². The standard InChI is InChI=1S/C26H22N2OS2/c1-16-7-6-10-22(13-16)28-25(29)23-17(2)18(3)31-24(23)27-26(28)30-15-19-11-12-20-8-4-5-9-21(20)14-19/h4-14H,15H2,1-3H3. The van der Waals surface area contributed by atoms with Crippen LogP contribution in [0.3, 0.4) is 0 Å². The molecule has 0 saturated carbocycles. The van der Waals surface area contributed by atoms with Crippen LogP contribution >= 0.6 is 23.1 Å². The number of fused-ring (bicyclic) bond motifs is 2. The quantitative estimate of drug-likeness (QED) is 0.226. The molecular weight excluding hydrogens is 420 g/mol. The fraction of sp³-hybridized carbons (Fsp3) is 0.154. The molecule has 0 aliphatic rings. The van der Waals surface area contributed by atoms with Crippen LogP contribution in [0.15, 0.2) is 76.7 Å². The molecule has 3 aromatic carbocycles. The van der Waals surface area contributed by atoms with Crippen LogP contribution in [0.1, 0.15) is 21.6 Å². The van der Waals surface area contributed by atoms with E-state index < -0.39 is 0 Å². The maximum Gasteiger partial charge on any atom is 0.267 e. The van der Waals surface area contributed by atoms with Gasteiger partial charge in [0.1, 0.15) is 4.83 Å². The van der Waals surface area contributed by atoms with Gasteiger partial charge < -0.3 is 0 Å². The predicted molar refractivity (Wildman–Crippen MR) is 133 cm³/mol. The molecule has 0 saturated heterocycles. The van der Waals surface area contributed by atoms with Crippen molar-refractivity contribution in [2.24, 2.45) is 0 Å². The summed E-state index contributed by atoms with van der Waals surface area (Å²) in [5, 5.41) is 3.93. The summed E-state index contributed by atoms with van der Waals surface area (Å²) in [6.07, 6.45) is 0. The van der Waals surface area contributed by atoms with Gasteiger partial charge in [0.05, 0.1) is 11.1 Å². The summed E-state index contributed by atoms with van der Waals surface area (Å²) in [4.78, 5) is 20.5. The van der Waals surface area contributed by atoms with E-state index in [4.69, 9.17) is 4.98 Å². The second kappa shape index (κ2) is 7.98. The van der Waals surface area contributed by atoms with E-state index in [1.54, 1.807) is 27.7 Å². The van der Waals surface area contributed by atoms with E-state index in [0.717, 1.165) is 42.8 Å². The van der Waals surface area contributed by atoms with Gasteiger partial charge in [0.25, 0.3) is 5.56 Å². The SMILES string of the molecule is Cc1cccc(-n2c(SCc3ccc4ccccc4c3)nc3sc(C)c(C)c3c2=O)c1. The minimum absolute atomic E-state index is 0.0125. The van der Waals surface area contributed by atoms with Crippen molar-refractivity contribution in [3.63, 3.8) is 0 Å². The van der Waals surface area contributed by atoms with Gasteiger partial charge in [0.2, 0.25) is 0 Å². The average Bonchev–Trinajstić information content (AvgIpc) is 3.05. The van der Waals surface area contributed by atoms with E-state index in [0.29, 0.717) is 0 Å². The minimum Gasteiger partial charge on any atom is -0.268 e. The number of hydrogen-bond acceptors (Lipinski definition) is 4. The van der Waals surface area contributed by atoms with Gasteiger partial charge in [-0.1, -0.05) is 66.4 Å². The molecule has 5 rings (SSSR count). The Bertz CT molecular complexity index is 1500. The number of aromatic nitrogens is 2. The summed E-state index contributed by atoms with van der Waals surface area (Å²) in [5.41, 5.74) is 4.24. The summed E-state index contributed by atoms with van der Waals surface area (Å²) >= 11 is 3.21. The van der Waals surface area contributed by atoms with Crippen LogP contribution in [-0.2, 0) is 5.75 Å². The molecular formula is C26H22N2OS2. The van der Waals surface area contributed by atoms with Gasteiger partial charge in [-0.25, -0.2) is 4.98 Å². The lowest BCUT2D eigenvalue weighted by Crippen LogP contribution is -2.21. The zero-order valence-electron chi connectivity index (χ0n) is 17.7. The largest absolute Gasteiger partial charge is 0.268 e. The average molecular weight is 443 g/mol. The molecule has 0 radical (unpaired) electrons. The van der Waals surface area contributed by atoms with Crippen LogP contribution in [0, 0.1) is 20.8 Å². The summed E-state index contributed by atoms with van der Waals surface area (Å²) < 4.78 is 1.78. The maximum absolute atomic E-state index is 13.6. The van der Waals surface area contributed by atoms with Crippen molar-refractivity contribution < 1.29 is 0 Å². The molecule has 0 aliphatic carbocycles. The molecule has 0 amide bonds. The van der Waals surface area contributed by atoms with E-state index in [1.807, 2.05) is 38.1 Å². The maximum atomic E-state index is 13.6. The highest BCUT2D eigenvalue weighted by atomic mass is 32.2. The van der Waals surface area contributed by atoms with E-state index in [-0.39, 0.29) is 5.56 Å². The van der Waals surface area contributed by atoms with Crippen molar-refractivity contribution in [3.8, 4) is 5.69 Å². The van der Waals surface area contributed by atoms with Gasteiger partial charge in [0.15, 0.2) is 5.16 Å². The molecule has 5 heteroatoms. The molecule has 0 aliphatic heterocycles. The van der Waals surface area contributed by atoms with Gasteiger partial charge in [-0.2, -0.15) is 0 Å². The van der Waals surface area contributed by atoms with E-state index in [1.165, 1.54) is 16.3 Å². The molecule has 31 heavy (non-hydrogen) atoms. The van der Waals surface area contributed by atoms with Crippen molar-refractivity contribution in [3.05, 3.63) is 98.7 Å². The van der Waals surface area contributed by atoms with Crippen LogP contribution in [0.5, 0.6) is 0 Å². The molecule has 0 unspecified atom stereocenters. The van der Waals surface area contributed by atoms with Gasteiger partial charge >= 0.3 is 0 Å². The number of aryl methyl sites for hydroxylation is 3. The number of benzene rings is 3. The molecule has 0 atom stereocenters. The third-order valence-corrected chi connectivity index (χ3v) is 7.72. The zero-order valence-corrected chi connectivity index (χ0v) is 19.3. The molecule has 0 fully saturated rings. The van der Waals surface area contributed by atoms with Crippen LogP contribution < -0.4 is 5.56 Å². The number of nitrogens with zero attached hydrogens (tertiary/aromatic N) is 2. The molecule has 0 N–H and O–H groups in total. The Labute approximate surface area is 189 Å². The number of thioether (sulfide) groups is 1. The first-order valence-corrected chi connectivity index (χ1v) is 12.0. The first-order valence-electron chi connectivity index (χ1n) is 10.2. The van der Waals surface area contributed by atoms with Crippen LogP contribution in [-0.4, -0.2) is 9.55 Å². The fourth-order valence-electron chi connectivity index (χ4n) is 3.84. The molecule has 3 nitrogen and oxygen atoms in total. The summed E-state index contributed by atoms with van der Waals surface area (Å²) in [6.45, 7) is 6.11. The number of thiophene rings is 1. The van der Waals surface area contributed by atoms with Crippen molar-refractivity contribution in [1.29, 1.82) is 0 Å². The fourth-order valence-corrected chi connectivity index (χ4v) is 5.87. The molecule has 5 aromatic rings. The molecule has 0 spiro atoms. The highest BCUT2D eigenvalue weighted by Crippen LogP contribution is 2.31. The van der Waals surface area contributed by atoms with Crippen LogP contribution in [0.25, 0.3) is 26.7 Å². The third-order valence-electron chi connectivity index (χ3n) is 5.61. The Balaban J connectivity index is 1.62. The Morgan fingerprint density at radius 1 is 0.935 bits per heavy atom. The minimum atomic E-state index is 0.0125. The third kappa shape index (κ3) is 3.68.